The number of aromatic nitrogens is 3. The molecular weight excluding hydrogens is 400 g/mol. The molecule has 1 aliphatic rings. The van der Waals surface area contributed by atoms with Crippen molar-refractivity contribution in [2.45, 2.75) is 33.9 Å². The molecule has 0 atom stereocenters. The first-order valence-corrected chi connectivity index (χ1v) is 10.8. The lowest BCUT2D eigenvalue weighted by Crippen LogP contribution is -2.31. The van der Waals surface area contributed by atoms with Crippen LogP contribution in [0.4, 0.5) is 0 Å². The summed E-state index contributed by atoms with van der Waals surface area (Å²) < 4.78 is 9.79. The van der Waals surface area contributed by atoms with E-state index in [1.54, 1.807) is 0 Å². The third kappa shape index (κ3) is 3.68. The van der Waals surface area contributed by atoms with Gasteiger partial charge < -0.3 is 14.2 Å². The smallest absolute Gasteiger partial charge is 0.261 e. The fourth-order valence-corrected chi connectivity index (χ4v) is 4.20. The standard InChI is InChI=1S/C26H26N4O2/c1-18-6-9-21(10-7-18)32-17-25(31)29-15-22-23(16-29)27-30(26(22)28-12-4-5-13-28)24-11-8-19(2)14-20(24)3/h4-14H,15-17H2,1-3H3. The second-order valence-corrected chi connectivity index (χ2v) is 8.39. The van der Waals surface area contributed by atoms with Gasteiger partial charge in [0.05, 0.1) is 24.5 Å². The molecule has 4 aromatic rings. The van der Waals surface area contributed by atoms with E-state index in [9.17, 15) is 4.79 Å². The van der Waals surface area contributed by atoms with E-state index in [1.165, 1.54) is 11.1 Å². The Morgan fingerprint density at radius 3 is 2.41 bits per heavy atom. The van der Waals surface area contributed by atoms with Crippen molar-refractivity contribution in [1.82, 2.24) is 19.2 Å². The summed E-state index contributed by atoms with van der Waals surface area (Å²) in [5.74, 6) is 1.64. The van der Waals surface area contributed by atoms with Crippen molar-refractivity contribution in [3.8, 4) is 17.3 Å². The maximum absolute atomic E-state index is 12.9. The number of rotatable bonds is 5. The topological polar surface area (TPSA) is 52.3 Å². The first-order chi connectivity index (χ1) is 15.5. The Balaban J connectivity index is 1.41. The van der Waals surface area contributed by atoms with E-state index in [1.807, 2.05) is 65.3 Å². The van der Waals surface area contributed by atoms with E-state index in [0.29, 0.717) is 18.8 Å². The summed E-state index contributed by atoms with van der Waals surface area (Å²) in [5, 5.41) is 4.93. The average molecular weight is 427 g/mol. The number of aryl methyl sites for hydroxylation is 3. The molecule has 0 saturated carbocycles. The summed E-state index contributed by atoms with van der Waals surface area (Å²) in [7, 11) is 0. The highest BCUT2D eigenvalue weighted by atomic mass is 16.5. The van der Waals surface area contributed by atoms with Gasteiger partial charge in [0, 0.05) is 18.0 Å². The SMILES string of the molecule is Cc1ccc(OCC(=O)N2Cc3nn(-c4ccc(C)cc4C)c(-n4cccc4)c3C2)cc1. The molecule has 0 N–H and O–H groups in total. The van der Waals surface area contributed by atoms with Gasteiger partial charge in [0.25, 0.3) is 5.91 Å². The number of ether oxygens (including phenoxy) is 1. The lowest BCUT2D eigenvalue weighted by Gasteiger charge is -2.18. The zero-order valence-corrected chi connectivity index (χ0v) is 18.6. The van der Waals surface area contributed by atoms with Crippen LogP contribution in [0.5, 0.6) is 5.75 Å². The maximum atomic E-state index is 12.9. The molecule has 6 nitrogen and oxygen atoms in total. The maximum Gasteiger partial charge on any atom is 0.261 e. The highest BCUT2D eigenvalue weighted by molar-refractivity contribution is 5.78. The van der Waals surface area contributed by atoms with E-state index >= 15 is 0 Å². The number of amides is 1. The van der Waals surface area contributed by atoms with Crippen molar-refractivity contribution in [3.63, 3.8) is 0 Å². The number of nitrogens with zero attached hydrogens (tertiary/aromatic N) is 4. The Bertz CT molecular complexity index is 1270. The Morgan fingerprint density at radius 2 is 1.69 bits per heavy atom. The monoisotopic (exact) mass is 426 g/mol. The number of carbonyl (C=O) groups excluding carboxylic acids is 1. The molecule has 2 aromatic carbocycles. The van der Waals surface area contributed by atoms with Crippen LogP contribution in [0.1, 0.15) is 27.9 Å². The first kappa shape index (κ1) is 20.1. The molecule has 1 aliphatic heterocycles. The fraction of sp³-hybridized carbons (Fsp3) is 0.231. The number of benzene rings is 2. The summed E-state index contributed by atoms with van der Waals surface area (Å²) in [6.45, 7) is 7.24. The van der Waals surface area contributed by atoms with Crippen molar-refractivity contribution >= 4 is 5.91 Å². The molecule has 3 heterocycles. The molecular formula is C26H26N4O2. The van der Waals surface area contributed by atoms with Crippen LogP contribution in [0.2, 0.25) is 0 Å². The van der Waals surface area contributed by atoms with Gasteiger partial charge in [-0.3, -0.25) is 4.79 Å². The molecule has 0 fully saturated rings. The molecule has 0 aliphatic carbocycles. The van der Waals surface area contributed by atoms with E-state index in [-0.39, 0.29) is 12.5 Å². The third-order valence-corrected chi connectivity index (χ3v) is 5.89. The largest absolute Gasteiger partial charge is 0.484 e. The molecule has 162 valence electrons. The minimum Gasteiger partial charge on any atom is -0.484 e. The Kier molecular flexibility index (Phi) is 5.05. The van der Waals surface area contributed by atoms with Crippen molar-refractivity contribution in [1.29, 1.82) is 0 Å². The summed E-state index contributed by atoms with van der Waals surface area (Å²) in [6, 6.07) is 18.1. The Labute approximate surface area is 187 Å². The van der Waals surface area contributed by atoms with Crippen molar-refractivity contribution in [2.24, 2.45) is 0 Å². The van der Waals surface area contributed by atoms with Crippen LogP contribution < -0.4 is 4.74 Å². The quantitative estimate of drug-likeness (QED) is 0.472. The van der Waals surface area contributed by atoms with Gasteiger partial charge in [0.15, 0.2) is 6.61 Å². The van der Waals surface area contributed by atoms with Crippen LogP contribution in [-0.4, -0.2) is 31.8 Å². The molecule has 1 amide bonds. The number of hydrogen-bond acceptors (Lipinski definition) is 3. The molecule has 0 unspecified atom stereocenters. The van der Waals surface area contributed by atoms with Gasteiger partial charge in [-0.2, -0.15) is 5.10 Å². The van der Waals surface area contributed by atoms with Gasteiger partial charge in [-0.1, -0.05) is 35.4 Å². The van der Waals surface area contributed by atoms with Crippen molar-refractivity contribution in [3.05, 3.63) is 94.9 Å². The highest BCUT2D eigenvalue weighted by Gasteiger charge is 2.31. The molecule has 32 heavy (non-hydrogen) atoms. The van der Waals surface area contributed by atoms with Gasteiger partial charge in [-0.25, -0.2) is 4.68 Å². The predicted octanol–water partition coefficient (Wildman–Crippen LogP) is 4.51. The minimum absolute atomic E-state index is 0.0171. The zero-order chi connectivity index (χ0) is 22.2. The van der Waals surface area contributed by atoms with Crippen LogP contribution >= 0.6 is 0 Å². The molecule has 0 saturated heterocycles. The van der Waals surface area contributed by atoms with Gasteiger partial charge in [-0.15, -0.1) is 0 Å². The molecule has 5 rings (SSSR count). The van der Waals surface area contributed by atoms with E-state index < -0.39 is 0 Å². The van der Waals surface area contributed by atoms with Crippen LogP contribution in [-0.2, 0) is 17.9 Å². The van der Waals surface area contributed by atoms with E-state index in [4.69, 9.17) is 9.84 Å². The molecule has 0 spiro atoms. The van der Waals surface area contributed by atoms with Crippen LogP contribution in [0, 0.1) is 20.8 Å². The van der Waals surface area contributed by atoms with Crippen LogP contribution in [0.15, 0.2) is 67.0 Å². The van der Waals surface area contributed by atoms with Crippen LogP contribution in [0.25, 0.3) is 11.5 Å². The van der Waals surface area contributed by atoms with Gasteiger partial charge in [0.2, 0.25) is 0 Å². The average Bonchev–Trinajstić information content (AvgIpc) is 3.49. The number of hydrogen-bond donors (Lipinski definition) is 0. The fourth-order valence-electron chi connectivity index (χ4n) is 4.20. The van der Waals surface area contributed by atoms with Gasteiger partial charge in [-0.05, 0) is 56.7 Å². The van der Waals surface area contributed by atoms with E-state index in [2.05, 4.69) is 36.6 Å². The lowest BCUT2D eigenvalue weighted by molar-refractivity contribution is -0.134. The second kappa shape index (κ2) is 8.04. The Hall–Kier alpha value is -3.80. The summed E-state index contributed by atoms with van der Waals surface area (Å²) in [6.07, 6.45) is 4.03. The Morgan fingerprint density at radius 1 is 0.969 bits per heavy atom. The van der Waals surface area contributed by atoms with Crippen LogP contribution in [0.3, 0.4) is 0 Å². The molecule has 0 bridgehead atoms. The minimum atomic E-state index is -0.0416. The number of fused-ring (bicyclic) bond motifs is 1. The molecule has 2 aromatic heterocycles. The molecule has 0 radical (unpaired) electrons. The number of carbonyl (C=O) groups is 1. The summed E-state index contributed by atoms with van der Waals surface area (Å²) in [5.41, 5.74) is 6.60. The van der Waals surface area contributed by atoms with Crippen molar-refractivity contribution in [2.75, 3.05) is 6.61 Å². The highest BCUT2D eigenvalue weighted by Crippen LogP contribution is 2.31. The lowest BCUT2D eigenvalue weighted by atomic mass is 10.1. The summed E-state index contributed by atoms with van der Waals surface area (Å²) in [4.78, 5) is 14.7. The van der Waals surface area contributed by atoms with Gasteiger partial charge in [0.1, 0.15) is 11.6 Å². The van der Waals surface area contributed by atoms with Gasteiger partial charge >= 0.3 is 0 Å². The molecule has 6 heteroatoms. The van der Waals surface area contributed by atoms with E-state index in [0.717, 1.165) is 28.3 Å². The summed E-state index contributed by atoms with van der Waals surface area (Å²) >= 11 is 0. The predicted molar refractivity (Wildman–Crippen MR) is 123 cm³/mol. The normalized spacial score (nSPS) is 12.8. The zero-order valence-electron chi connectivity index (χ0n) is 18.6. The third-order valence-electron chi connectivity index (χ3n) is 5.89. The second-order valence-electron chi connectivity index (χ2n) is 8.39. The first-order valence-electron chi connectivity index (χ1n) is 10.8. The van der Waals surface area contributed by atoms with Crippen molar-refractivity contribution < 1.29 is 9.53 Å².